The van der Waals surface area contributed by atoms with Crippen LogP contribution in [0.3, 0.4) is 0 Å². The number of benzene rings is 3. The van der Waals surface area contributed by atoms with Crippen LogP contribution < -0.4 is 25.4 Å². The molecule has 0 unspecified atom stereocenters. The first-order valence-corrected chi connectivity index (χ1v) is 13.8. The van der Waals surface area contributed by atoms with Gasteiger partial charge in [-0.05, 0) is 48.4 Å². The highest BCUT2D eigenvalue weighted by atomic mass is 16.5. The summed E-state index contributed by atoms with van der Waals surface area (Å²) in [5.41, 5.74) is 1.79. The SMILES string of the molecule is COc1ccc(CCNc2nc(NCCOCCOCCNC(=O)c3ccccc3)nc(Oc3ccccc3)n2)cc1. The summed E-state index contributed by atoms with van der Waals surface area (Å²) < 4.78 is 22.2. The molecular formula is C31H36N6O5. The van der Waals surface area contributed by atoms with Crippen molar-refractivity contribution >= 4 is 17.8 Å². The van der Waals surface area contributed by atoms with E-state index in [-0.39, 0.29) is 11.9 Å². The summed E-state index contributed by atoms with van der Waals surface area (Å²) >= 11 is 0. The fourth-order valence-corrected chi connectivity index (χ4v) is 3.75. The summed E-state index contributed by atoms with van der Waals surface area (Å²) in [5.74, 6) is 2.11. The summed E-state index contributed by atoms with van der Waals surface area (Å²) in [6.07, 6.45) is 0.780. The van der Waals surface area contributed by atoms with Crippen LogP contribution in [0.1, 0.15) is 15.9 Å². The highest BCUT2D eigenvalue weighted by molar-refractivity contribution is 5.94. The maximum atomic E-state index is 12.0. The first-order valence-electron chi connectivity index (χ1n) is 13.8. The number of methoxy groups -OCH3 is 1. The monoisotopic (exact) mass is 572 g/mol. The summed E-state index contributed by atoms with van der Waals surface area (Å²) in [6.45, 7) is 3.21. The Balaban J connectivity index is 1.17. The molecular weight excluding hydrogens is 536 g/mol. The minimum atomic E-state index is -0.118. The lowest BCUT2D eigenvalue weighted by molar-refractivity contribution is 0.0519. The molecule has 0 fully saturated rings. The first-order chi connectivity index (χ1) is 20.7. The lowest BCUT2D eigenvalue weighted by atomic mass is 10.1. The molecule has 3 aromatic carbocycles. The lowest BCUT2D eigenvalue weighted by Gasteiger charge is -2.11. The van der Waals surface area contributed by atoms with E-state index >= 15 is 0 Å². The predicted molar refractivity (Wildman–Crippen MR) is 160 cm³/mol. The van der Waals surface area contributed by atoms with E-state index in [0.29, 0.717) is 69.3 Å². The normalized spacial score (nSPS) is 10.6. The van der Waals surface area contributed by atoms with E-state index in [2.05, 4.69) is 30.9 Å². The van der Waals surface area contributed by atoms with Gasteiger partial charge >= 0.3 is 6.01 Å². The van der Waals surface area contributed by atoms with E-state index in [1.165, 1.54) is 0 Å². The van der Waals surface area contributed by atoms with E-state index in [9.17, 15) is 4.79 Å². The summed E-state index contributed by atoms with van der Waals surface area (Å²) in [4.78, 5) is 25.3. The molecule has 220 valence electrons. The van der Waals surface area contributed by atoms with Gasteiger partial charge in [-0.1, -0.05) is 48.5 Å². The standard InChI is InChI=1S/C31H36N6O5/c1-39-26-14-12-24(13-15-26)16-17-33-29-35-30(37-31(36-29)42-27-10-6-3-7-11-27)34-19-21-41-23-22-40-20-18-32-28(38)25-8-4-2-5-9-25/h2-15H,16-23H2,1H3,(H,32,38)(H2,33,34,35,36,37). The van der Waals surface area contributed by atoms with Crippen molar-refractivity contribution in [3.8, 4) is 17.5 Å². The molecule has 42 heavy (non-hydrogen) atoms. The molecule has 11 nitrogen and oxygen atoms in total. The highest BCUT2D eigenvalue weighted by Crippen LogP contribution is 2.19. The van der Waals surface area contributed by atoms with Gasteiger partial charge in [0.2, 0.25) is 11.9 Å². The Hall–Kier alpha value is -4.74. The number of hydrogen-bond acceptors (Lipinski definition) is 10. The summed E-state index contributed by atoms with van der Waals surface area (Å²) in [6, 6.07) is 26.5. The third kappa shape index (κ3) is 10.7. The lowest BCUT2D eigenvalue weighted by Crippen LogP contribution is -2.27. The minimum Gasteiger partial charge on any atom is -0.497 e. The van der Waals surface area contributed by atoms with Gasteiger partial charge in [0.25, 0.3) is 5.91 Å². The summed E-state index contributed by atoms with van der Waals surface area (Å²) in [5, 5.41) is 9.24. The van der Waals surface area contributed by atoms with Crippen molar-refractivity contribution in [2.75, 3.05) is 63.8 Å². The third-order valence-electron chi connectivity index (χ3n) is 5.89. The van der Waals surface area contributed by atoms with Crippen molar-refractivity contribution in [2.24, 2.45) is 0 Å². The van der Waals surface area contributed by atoms with Gasteiger partial charge in [0.15, 0.2) is 0 Å². The largest absolute Gasteiger partial charge is 0.497 e. The van der Waals surface area contributed by atoms with Crippen LogP contribution in [0.5, 0.6) is 17.5 Å². The van der Waals surface area contributed by atoms with Gasteiger partial charge in [-0.3, -0.25) is 4.79 Å². The van der Waals surface area contributed by atoms with Gasteiger partial charge in [-0.2, -0.15) is 15.0 Å². The van der Waals surface area contributed by atoms with Crippen LogP contribution >= 0.6 is 0 Å². The second kappa shape index (κ2) is 17.2. The Labute approximate surface area is 245 Å². The van der Waals surface area contributed by atoms with Crippen LogP contribution in [0.2, 0.25) is 0 Å². The number of nitrogens with one attached hydrogen (secondary N) is 3. The first kappa shape index (κ1) is 30.2. The van der Waals surface area contributed by atoms with Crippen molar-refractivity contribution in [1.29, 1.82) is 0 Å². The van der Waals surface area contributed by atoms with Crippen molar-refractivity contribution in [3.05, 3.63) is 96.1 Å². The second-order valence-electron chi connectivity index (χ2n) is 8.98. The maximum Gasteiger partial charge on any atom is 0.328 e. The molecule has 4 aromatic rings. The molecule has 11 heteroatoms. The zero-order valence-corrected chi connectivity index (χ0v) is 23.6. The number of anilines is 2. The number of nitrogens with zero attached hydrogens (tertiary/aromatic N) is 3. The van der Waals surface area contributed by atoms with Gasteiger partial charge < -0.3 is 34.9 Å². The van der Waals surface area contributed by atoms with Gasteiger partial charge in [-0.25, -0.2) is 0 Å². The Morgan fingerprint density at radius 1 is 0.667 bits per heavy atom. The second-order valence-corrected chi connectivity index (χ2v) is 8.98. The van der Waals surface area contributed by atoms with E-state index in [1.54, 1.807) is 19.2 Å². The predicted octanol–water partition coefficient (Wildman–Crippen LogP) is 4.20. The van der Waals surface area contributed by atoms with Crippen LogP contribution in [-0.2, 0) is 15.9 Å². The molecule has 1 amide bonds. The smallest absolute Gasteiger partial charge is 0.328 e. The molecule has 0 bridgehead atoms. The Morgan fingerprint density at radius 2 is 1.29 bits per heavy atom. The van der Waals surface area contributed by atoms with Crippen molar-refractivity contribution in [2.45, 2.75) is 6.42 Å². The number of amides is 1. The molecule has 0 spiro atoms. The van der Waals surface area contributed by atoms with Gasteiger partial charge in [0.1, 0.15) is 11.5 Å². The van der Waals surface area contributed by atoms with E-state index in [4.69, 9.17) is 18.9 Å². The Morgan fingerprint density at radius 3 is 1.95 bits per heavy atom. The molecule has 0 aliphatic rings. The molecule has 0 saturated carbocycles. The zero-order chi connectivity index (χ0) is 29.2. The Bertz CT molecular complexity index is 1340. The molecule has 0 aliphatic carbocycles. The number of carbonyl (C=O) groups is 1. The number of para-hydroxylation sites is 1. The molecule has 4 rings (SSSR count). The number of hydrogen-bond donors (Lipinski definition) is 3. The van der Waals surface area contributed by atoms with Crippen LogP contribution in [0.15, 0.2) is 84.9 Å². The quantitative estimate of drug-likeness (QED) is 0.149. The number of carbonyl (C=O) groups excluding carboxylic acids is 1. The maximum absolute atomic E-state index is 12.0. The van der Waals surface area contributed by atoms with Crippen molar-refractivity contribution < 1.29 is 23.7 Å². The topological polar surface area (TPSA) is 129 Å². The van der Waals surface area contributed by atoms with Crippen molar-refractivity contribution in [3.63, 3.8) is 0 Å². The molecule has 0 aliphatic heterocycles. The van der Waals surface area contributed by atoms with Crippen LogP contribution in [0, 0.1) is 0 Å². The molecule has 1 heterocycles. The van der Waals surface area contributed by atoms with Gasteiger partial charge in [0, 0.05) is 25.2 Å². The third-order valence-corrected chi connectivity index (χ3v) is 5.89. The highest BCUT2D eigenvalue weighted by Gasteiger charge is 2.09. The molecule has 0 saturated heterocycles. The molecule has 3 N–H and O–H groups in total. The number of rotatable bonds is 18. The fourth-order valence-electron chi connectivity index (χ4n) is 3.75. The molecule has 1 aromatic heterocycles. The number of aromatic nitrogens is 3. The Kier molecular flexibility index (Phi) is 12.3. The van der Waals surface area contributed by atoms with Crippen LogP contribution in [0.25, 0.3) is 0 Å². The fraction of sp³-hybridized carbons (Fsp3) is 0.290. The van der Waals surface area contributed by atoms with Crippen LogP contribution in [0.4, 0.5) is 11.9 Å². The molecule has 0 atom stereocenters. The average Bonchev–Trinajstić information content (AvgIpc) is 3.03. The van der Waals surface area contributed by atoms with Gasteiger partial charge in [-0.15, -0.1) is 0 Å². The van der Waals surface area contributed by atoms with E-state index in [1.807, 2.05) is 72.8 Å². The average molecular weight is 573 g/mol. The number of ether oxygens (including phenoxy) is 4. The summed E-state index contributed by atoms with van der Waals surface area (Å²) in [7, 11) is 1.65. The van der Waals surface area contributed by atoms with Gasteiger partial charge in [0.05, 0.1) is 33.5 Å². The zero-order valence-electron chi connectivity index (χ0n) is 23.6. The van der Waals surface area contributed by atoms with E-state index in [0.717, 1.165) is 17.7 Å². The minimum absolute atomic E-state index is 0.118. The van der Waals surface area contributed by atoms with Crippen LogP contribution in [-0.4, -0.2) is 74.0 Å². The van der Waals surface area contributed by atoms with Crippen molar-refractivity contribution in [1.82, 2.24) is 20.3 Å². The van der Waals surface area contributed by atoms with E-state index < -0.39 is 0 Å². The molecule has 0 radical (unpaired) electrons.